The first-order chi connectivity index (χ1) is 9.43. The van der Waals surface area contributed by atoms with Crippen molar-refractivity contribution in [2.24, 2.45) is 5.92 Å². The second kappa shape index (κ2) is 7.40. The first kappa shape index (κ1) is 15.9. The van der Waals surface area contributed by atoms with Crippen molar-refractivity contribution in [1.29, 1.82) is 0 Å². The lowest BCUT2D eigenvalue weighted by molar-refractivity contribution is -0.124. The molecule has 106 valence electrons. The number of allylic oxidation sites excluding steroid dienone is 3. The van der Waals surface area contributed by atoms with Crippen LogP contribution in [-0.2, 0) is 4.79 Å². The van der Waals surface area contributed by atoms with E-state index in [2.05, 4.69) is 0 Å². The molecule has 20 heavy (non-hydrogen) atoms. The van der Waals surface area contributed by atoms with Gasteiger partial charge in [-0.15, -0.1) is 0 Å². The van der Waals surface area contributed by atoms with Crippen molar-refractivity contribution in [3.63, 3.8) is 0 Å². The first-order valence-corrected chi connectivity index (χ1v) is 6.35. The quantitative estimate of drug-likeness (QED) is 0.285. The van der Waals surface area contributed by atoms with Crippen LogP contribution in [0.1, 0.15) is 29.8 Å². The van der Waals surface area contributed by atoms with Crippen molar-refractivity contribution in [2.75, 3.05) is 0 Å². The average molecular weight is 273 g/mol. The Labute approximate surface area is 118 Å². The third-order valence-corrected chi connectivity index (χ3v) is 2.87. The van der Waals surface area contributed by atoms with Gasteiger partial charge in [0.05, 0.1) is 0 Å². The predicted octanol–water partition coefficient (Wildman–Crippen LogP) is 2.82. The third kappa shape index (κ3) is 4.82. The van der Waals surface area contributed by atoms with E-state index < -0.39 is 5.91 Å². The zero-order chi connectivity index (χ0) is 15.1. The number of aryl methyl sites for hydroxylation is 1. The van der Waals surface area contributed by atoms with Gasteiger partial charge in [-0.05, 0) is 13.8 Å². The van der Waals surface area contributed by atoms with Gasteiger partial charge in [0.1, 0.15) is 0 Å². The largest absolute Gasteiger partial charge is 0.294 e. The number of carbonyl (C=O) groups is 2. The molecule has 1 unspecified atom stereocenters. The van der Waals surface area contributed by atoms with E-state index in [0.29, 0.717) is 5.56 Å². The fourth-order valence-electron chi connectivity index (χ4n) is 1.75. The normalized spacial score (nSPS) is 13.3. The Kier molecular flexibility index (Phi) is 5.87. The summed E-state index contributed by atoms with van der Waals surface area (Å²) in [6, 6.07) is 7.43. The van der Waals surface area contributed by atoms with Crippen LogP contribution in [-0.4, -0.2) is 16.9 Å². The molecule has 4 nitrogen and oxygen atoms in total. The molecular formula is C16H19NO3. The summed E-state index contributed by atoms with van der Waals surface area (Å²) in [5.74, 6) is -0.848. The van der Waals surface area contributed by atoms with Crippen LogP contribution >= 0.6 is 0 Å². The number of benzene rings is 1. The molecule has 0 saturated heterocycles. The van der Waals surface area contributed by atoms with Gasteiger partial charge in [-0.2, -0.15) is 0 Å². The highest BCUT2D eigenvalue weighted by Crippen LogP contribution is 2.13. The molecule has 1 atom stereocenters. The molecular weight excluding hydrogens is 254 g/mol. The van der Waals surface area contributed by atoms with Gasteiger partial charge in [-0.3, -0.25) is 14.8 Å². The molecule has 0 spiro atoms. The van der Waals surface area contributed by atoms with E-state index in [1.165, 1.54) is 11.6 Å². The Bertz CT molecular complexity index is 541. The molecule has 2 N–H and O–H groups in total. The fourth-order valence-corrected chi connectivity index (χ4v) is 1.75. The Morgan fingerprint density at radius 2 is 1.80 bits per heavy atom. The number of rotatable bonds is 5. The van der Waals surface area contributed by atoms with Gasteiger partial charge in [-0.1, -0.05) is 54.5 Å². The monoisotopic (exact) mass is 273 g/mol. The van der Waals surface area contributed by atoms with Crippen molar-refractivity contribution < 1.29 is 14.8 Å². The molecule has 0 aliphatic carbocycles. The van der Waals surface area contributed by atoms with Gasteiger partial charge in [0.2, 0.25) is 0 Å². The van der Waals surface area contributed by atoms with Crippen molar-refractivity contribution in [2.45, 2.75) is 20.8 Å². The SMILES string of the molecule is CC(/C=C/C(=O)NO)=C\C(C)C(=O)c1ccc(C)cc1. The average Bonchev–Trinajstić information content (AvgIpc) is 2.44. The maximum absolute atomic E-state index is 12.2. The van der Waals surface area contributed by atoms with E-state index in [1.54, 1.807) is 19.1 Å². The molecule has 0 heterocycles. The minimum absolute atomic E-state index is 0.0318. The number of Topliss-reactive ketones (excluding diaryl/α,β-unsaturated/α-hetero) is 1. The van der Waals surface area contributed by atoms with Gasteiger partial charge in [-0.25, -0.2) is 5.48 Å². The molecule has 0 aromatic heterocycles. The van der Waals surface area contributed by atoms with Crippen molar-refractivity contribution in [1.82, 2.24) is 5.48 Å². The lowest BCUT2D eigenvalue weighted by Crippen LogP contribution is -2.15. The topological polar surface area (TPSA) is 66.4 Å². The molecule has 0 radical (unpaired) electrons. The minimum Gasteiger partial charge on any atom is -0.294 e. The molecule has 1 aromatic carbocycles. The van der Waals surface area contributed by atoms with Crippen LogP contribution in [0, 0.1) is 12.8 Å². The van der Waals surface area contributed by atoms with Gasteiger partial charge in [0, 0.05) is 17.6 Å². The molecule has 1 aromatic rings. The lowest BCUT2D eigenvalue weighted by atomic mass is 9.96. The Morgan fingerprint density at radius 3 is 2.35 bits per heavy atom. The summed E-state index contributed by atoms with van der Waals surface area (Å²) in [4.78, 5) is 23.0. The highest BCUT2D eigenvalue weighted by atomic mass is 16.5. The predicted molar refractivity (Wildman–Crippen MR) is 77.5 cm³/mol. The van der Waals surface area contributed by atoms with Crippen LogP contribution in [0.2, 0.25) is 0 Å². The molecule has 0 aliphatic rings. The molecule has 4 heteroatoms. The zero-order valence-electron chi connectivity index (χ0n) is 11.9. The standard InChI is InChI=1S/C16H19NO3/c1-11-4-7-14(8-5-11)16(19)13(3)10-12(2)6-9-15(18)17-20/h4-10,13,20H,1-3H3,(H,17,18)/b9-6+,12-10+. The van der Waals surface area contributed by atoms with Crippen LogP contribution < -0.4 is 5.48 Å². The second-order valence-corrected chi connectivity index (χ2v) is 4.74. The number of carbonyl (C=O) groups excluding carboxylic acids is 2. The van der Waals surface area contributed by atoms with E-state index in [4.69, 9.17) is 5.21 Å². The molecule has 0 saturated carbocycles. The number of amides is 1. The van der Waals surface area contributed by atoms with Gasteiger partial charge < -0.3 is 0 Å². The smallest absolute Gasteiger partial charge is 0.267 e. The first-order valence-electron chi connectivity index (χ1n) is 6.35. The zero-order valence-corrected chi connectivity index (χ0v) is 11.9. The summed E-state index contributed by atoms with van der Waals surface area (Å²) in [7, 11) is 0. The van der Waals surface area contributed by atoms with Crippen molar-refractivity contribution >= 4 is 11.7 Å². The summed E-state index contributed by atoms with van der Waals surface area (Å²) in [6.07, 6.45) is 4.53. The third-order valence-electron chi connectivity index (χ3n) is 2.87. The summed E-state index contributed by atoms with van der Waals surface area (Å²) < 4.78 is 0. The van der Waals surface area contributed by atoms with E-state index in [9.17, 15) is 9.59 Å². The summed E-state index contributed by atoms with van der Waals surface area (Å²) >= 11 is 0. The minimum atomic E-state index is -0.602. The maximum atomic E-state index is 12.2. The van der Waals surface area contributed by atoms with E-state index in [0.717, 1.165) is 11.1 Å². The van der Waals surface area contributed by atoms with Crippen LogP contribution in [0.5, 0.6) is 0 Å². The van der Waals surface area contributed by atoms with Crippen molar-refractivity contribution in [3.8, 4) is 0 Å². The number of hydrogen-bond donors (Lipinski definition) is 2. The molecule has 0 fully saturated rings. The van der Waals surface area contributed by atoms with Crippen LogP contribution in [0.15, 0.2) is 48.1 Å². The van der Waals surface area contributed by atoms with Crippen LogP contribution in [0.4, 0.5) is 0 Å². The number of ketones is 1. The maximum Gasteiger partial charge on any atom is 0.267 e. The van der Waals surface area contributed by atoms with E-state index >= 15 is 0 Å². The summed E-state index contributed by atoms with van der Waals surface area (Å²) in [5.41, 5.74) is 4.07. The summed E-state index contributed by atoms with van der Waals surface area (Å²) in [5, 5.41) is 8.36. The van der Waals surface area contributed by atoms with E-state index in [-0.39, 0.29) is 11.7 Å². The molecule has 1 rings (SSSR count). The number of hydroxylamine groups is 1. The Morgan fingerprint density at radius 1 is 1.20 bits per heavy atom. The van der Waals surface area contributed by atoms with Gasteiger partial charge in [0.15, 0.2) is 5.78 Å². The lowest BCUT2D eigenvalue weighted by Gasteiger charge is -2.07. The van der Waals surface area contributed by atoms with Gasteiger partial charge >= 0.3 is 0 Å². The van der Waals surface area contributed by atoms with E-state index in [1.807, 2.05) is 38.1 Å². The highest BCUT2D eigenvalue weighted by molar-refractivity contribution is 5.98. The van der Waals surface area contributed by atoms with Crippen LogP contribution in [0.3, 0.4) is 0 Å². The fraction of sp³-hybridized carbons (Fsp3) is 0.250. The highest BCUT2D eigenvalue weighted by Gasteiger charge is 2.12. The van der Waals surface area contributed by atoms with Crippen LogP contribution in [0.25, 0.3) is 0 Å². The molecule has 0 bridgehead atoms. The van der Waals surface area contributed by atoms with Crippen molar-refractivity contribution in [3.05, 3.63) is 59.2 Å². The Balaban J connectivity index is 2.76. The Hall–Kier alpha value is -2.20. The van der Waals surface area contributed by atoms with Gasteiger partial charge in [0.25, 0.3) is 5.91 Å². The second-order valence-electron chi connectivity index (χ2n) is 4.74. The molecule has 1 amide bonds. The number of nitrogens with one attached hydrogen (secondary N) is 1. The molecule has 0 aliphatic heterocycles. The summed E-state index contributed by atoms with van der Waals surface area (Å²) in [6.45, 7) is 5.57. The number of hydrogen-bond acceptors (Lipinski definition) is 3.